The monoisotopic (exact) mass is 450 g/mol. The number of hydrogen-bond acceptors (Lipinski definition) is 5. The second kappa shape index (κ2) is 10.8. The lowest BCUT2D eigenvalue weighted by Gasteiger charge is -2.33. The summed E-state index contributed by atoms with van der Waals surface area (Å²) in [6.45, 7) is 7.37. The second-order valence-corrected chi connectivity index (χ2v) is 9.48. The lowest BCUT2D eigenvalue weighted by molar-refractivity contribution is -0.384. The maximum atomic E-state index is 12.9. The van der Waals surface area contributed by atoms with Crippen LogP contribution in [-0.4, -0.2) is 41.9 Å². The number of rotatable bonds is 7. The average molecular weight is 451 g/mol. The SMILES string of the molecule is CC1CCCN(Cc2ccccc2CNC(=O)C2CCN(c3ccccc3[N+](=O)[O-])CC2)C1. The highest BCUT2D eigenvalue weighted by atomic mass is 16.6. The van der Waals surface area contributed by atoms with Crippen LogP contribution in [0.15, 0.2) is 48.5 Å². The summed E-state index contributed by atoms with van der Waals surface area (Å²) in [4.78, 5) is 28.4. The molecule has 2 aliphatic rings. The minimum atomic E-state index is -0.337. The Balaban J connectivity index is 1.30. The Labute approximate surface area is 195 Å². The molecule has 2 fully saturated rings. The Morgan fingerprint density at radius 3 is 2.45 bits per heavy atom. The molecule has 1 amide bonds. The molecule has 2 aromatic carbocycles. The van der Waals surface area contributed by atoms with Crippen LogP contribution < -0.4 is 10.2 Å². The van der Waals surface area contributed by atoms with Crippen molar-refractivity contribution >= 4 is 17.3 Å². The van der Waals surface area contributed by atoms with Crippen molar-refractivity contribution < 1.29 is 9.72 Å². The number of hydrogen-bond donors (Lipinski definition) is 1. The zero-order valence-corrected chi connectivity index (χ0v) is 19.4. The van der Waals surface area contributed by atoms with Gasteiger partial charge >= 0.3 is 0 Å². The fourth-order valence-corrected chi connectivity index (χ4v) is 5.15. The van der Waals surface area contributed by atoms with E-state index in [9.17, 15) is 14.9 Å². The molecule has 1 N–H and O–H groups in total. The van der Waals surface area contributed by atoms with E-state index in [1.54, 1.807) is 12.1 Å². The molecule has 33 heavy (non-hydrogen) atoms. The molecule has 2 aliphatic heterocycles. The Bertz CT molecular complexity index is 972. The summed E-state index contributed by atoms with van der Waals surface area (Å²) in [5, 5.41) is 14.5. The van der Waals surface area contributed by atoms with Gasteiger partial charge in [-0.3, -0.25) is 19.8 Å². The van der Waals surface area contributed by atoms with Crippen molar-refractivity contribution in [2.24, 2.45) is 11.8 Å². The fraction of sp³-hybridized carbons (Fsp3) is 0.500. The summed E-state index contributed by atoms with van der Waals surface area (Å²) in [7, 11) is 0. The van der Waals surface area contributed by atoms with Gasteiger partial charge in [0.25, 0.3) is 5.69 Å². The van der Waals surface area contributed by atoms with Crippen LogP contribution in [0.2, 0.25) is 0 Å². The maximum Gasteiger partial charge on any atom is 0.292 e. The number of amides is 1. The van der Waals surface area contributed by atoms with E-state index in [2.05, 4.69) is 35.3 Å². The van der Waals surface area contributed by atoms with E-state index < -0.39 is 0 Å². The average Bonchev–Trinajstić information content (AvgIpc) is 2.83. The standard InChI is InChI=1S/C26H34N4O3/c1-20-7-6-14-28(18-20)19-23-9-3-2-8-22(23)17-27-26(31)21-12-15-29(16-13-21)24-10-4-5-11-25(24)30(32)33/h2-5,8-11,20-21H,6-7,12-19H2,1H3,(H,27,31). The number of likely N-dealkylation sites (tertiary alicyclic amines) is 1. The molecule has 1 unspecified atom stereocenters. The third-order valence-corrected chi connectivity index (χ3v) is 6.99. The van der Waals surface area contributed by atoms with Gasteiger partial charge in [-0.05, 0) is 55.3 Å². The molecule has 0 aromatic heterocycles. The number of benzene rings is 2. The smallest absolute Gasteiger partial charge is 0.292 e. The normalized spacial score (nSPS) is 19.9. The summed E-state index contributed by atoms with van der Waals surface area (Å²) in [6, 6.07) is 15.2. The summed E-state index contributed by atoms with van der Waals surface area (Å²) < 4.78 is 0. The quantitative estimate of drug-likeness (QED) is 0.501. The lowest BCUT2D eigenvalue weighted by atomic mass is 9.95. The Morgan fingerprint density at radius 2 is 1.73 bits per heavy atom. The van der Waals surface area contributed by atoms with Gasteiger partial charge in [0.2, 0.25) is 5.91 Å². The number of piperidine rings is 2. The van der Waals surface area contributed by atoms with Gasteiger partial charge in [-0.15, -0.1) is 0 Å². The predicted octanol–water partition coefficient (Wildman–Crippen LogP) is 4.36. The number of nitro benzene ring substituents is 1. The van der Waals surface area contributed by atoms with Crippen molar-refractivity contribution in [3.8, 4) is 0 Å². The van der Waals surface area contributed by atoms with Gasteiger partial charge in [0.1, 0.15) is 5.69 Å². The number of carbonyl (C=O) groups excluding carboxylic acids is 1. The van der Waals surface area contributed by atoms with Crippen LogP contribution in [-0.2, 0) is 17.9 Å². The van der Waals surface area contributed by atoms with E-state index >= 15 is 0 Å². The zero-order valence-electron chi connectivity index (χ0n) is 19.4. The van der Waals surface area contributed by atoms with Gasteiger partial charge < -0.3 is 10.2 Å². The zero-order chi connectivity index (χ0) is 23.2. The summed E-state index contributed by atoms with van der Waals surface area (Å²) in [5.74, 6) is 0.770. The van der Waals surface area contributed by atoms with E-state index in [0.29, 0.717) is 38.2 Å². The molecule has 2 aromatic rings. The third-order valence-electron chi connectivity index (χ3n) is 6.99. The number of para-hydroxylation sites is 2. The predicted molar refractivity (Wildman–Crippen MR) is 130 cm³/mol. The van der Waals surface area contributed by atoms with E-state index in [4.69, 9.17) is 0 Å². The lowest BCUT2D eigenvalue weighted by Crippen LogP contribution is -2.40. The first-order valence-electron chi connectivity index (χ1n) is 12.1. The highest BCUT2D eigenvalue weighted by Gasteiger charge is 2.28. The minimum Gasteiger partial charge on any atom is -0.366 e. The molecule has 176 valence electrons. The molecule has 2 saturated heterocycles. The molecule has 0 aliphatic carbocycles. The van der Waals surface area contributed by atoms with Gasteiger partial charge in [-0.25, -0.2) is 0 Å². The molecular formula is C26H34N4O3. The van der Waals surface area contributed by atoms with E-state index in [1.165, 1.54) is 30.0 Å². The fourth-order valence-electron chi connectivity index (χ4n) is 5.15. The molecule has 4 rings (SSSR count). The van der Waals surface area contributed by atoms with E-state index in [0.717, 1.165) is 25.6 Å². The van der Waals surface area contributed by atoms with E-state index in [1.807, 2.05) is 17.0 Å². The summed E-state index contributed by atoms with van der Waals surface area (Å²) in [6.07, 6.45) is 3.96. The molecule has 7 heteroatoms. The van der Waals surface area contributed by atoms with Gasteiger partial charge in [0.15, 0.2) is 0 Å². The number of carbonyl (C=O) groups is 1. The Morgan fingerprint density at radius 1 is 1.03 bits per heavy atom. The van der Waals surface area contributed by atoms with Gasteiger partial charge in [0, 0.05) is 44.7 Å². The van der Waals surface area contributed by atoms with Crippen LogP contribution in [0.1, 0.15) is 43.7 Å². The van der Waals surface area contributed by atoms with Crippen LogP contribution in [0.4, 0.5) is 11.4 Å². The number of nitrogens with one attached hydrogen (secondary N) is 1. The summed E-state index contributed by atoms with van der Waals surface area (Å²) in [5.41, 5.74) is 3.24. The van der Waals surface area contributed by atoms with Gasteiger partial charge in [0.05, 0.1) is 4.92 Å². The number of nitrogens with zero attached hydrogens (tertiary/aromatic N) is 3. The number of nitro groups is 1. The largest absolute Gasteiger partial charge is 0.366 e. The van der Waals surface area contributed by atoms with Gasteiger partial charge in [-0.1, -0.05) is 43.3 Å². The number of anilines is 1. The molecule has 1 atom stereocenters. The van der Waals surface area contributed by atoms with Crippen LogP contribution in [0, 0.1) is 22.0 Å². The molecule has 0 radical (unpaired) electrons. The molecule has 2 heterocycles. The molecule has 0 saturated carbocycles. The van der Waals surface area contributed by atoms with Crippen molar-refractivity contribution in [3.05, 3.63) is 69.8 Å². The third kappa shape index (κ3) is 5.90. The first kappa shape index (κ1) is 23.2. The highest BCUT2D eigenvalue weighted by molar-refractivity contribution is 5.79. The molecule has 7 nitrogen and oxygen atoms in total. The first-order valence-corrected chi connectivity index (χ1v) is 12.1. The van der Waals surface area contributed by atoms with Crippen molar-refractivity contribution in [1.82, 2.24) is 10.2 Å². The topological polar surface area (TPSA) is 78.7 Å². The minimum absolute atomic E-state index is 0.0564. The van der Waals surface area contributed by atoms with Crippen LogP contribution >= 0.6 is 0 Å². The van der Waals surface area contributed by atoms with Crippen molar-refractivity contribution in [3.63, 3.8) is 0 Å². The van der Waals surface area contributed by atoms with Crippen molar-refractivity contribution in [2.75, 3.05) is 31.1 Å². The van der Waals surface area contributed by atoms with Crippen LogP contribution in [0.25, 0.3) is 0 Å². The molecule has 0 bridgehead atoms. The van der Waals surface area contributed by atoms with Crippen LogP contribution in [0.3, 0.4) is 0 Å². The van der Waals surface area contributed by atoms with E-state index in [-0.39, 0.29) is 22.4 Å². The molecular weight excluding hydrogens is 416 g/mol. The Kier molecular flexibility index (Phi) is 7.60. The maximum absolute atomic E-state index is 12.9. The molecule has 0 spiro atoms. The van der Waals surface area contributed by atoms with Crippen LogP contribution in [0.5, 0.6) is 0 Å². The first-order chi connectivity index (χ1) is 16.0. The Hall–Kier alpha value is -2.93. The van der Waals surface area contributed by atoms with Crippen molar-refractivity contribution in [2.45, 2.75) is 45.7 Å². The van der Waals surface area contributed by atoms with Crippen molar-refractivity contribution in [1.29, 1.82) is 0 Å². The second-order valence-electron chi connectivity index (χ2n) is 9.48. The van der Waals surface area contributed by atoms with Gasteiger partial charge in [-0.2, -0.15) is 0 Å². The summed E-state index contributed by atoms with van der Waals surface area (Å²) >= 11 is 0. The highest BCUT2D eigenvalue weighted by Crippen LogP contribution is 2.31.